The minimum atomic E-state index is 0.985. The standard InChI is InChI=1S/C9H14.C2H6/c1-2-5-9-7-3-6-8(9)4-1;1-2/h3,6,8-9H,1-2,4-5,7H2;1-2H3. The first-order valence-electron chi connectivity index (χ1n) is 5.13. The molecule has 0 amide bonds. The molecule has 64 valence electrons. The molecule has 11 heavy (non-hydrogen) atoms. The van der Waals surface area contributed by atoms with Gasteiger partial charge in [-0.15, -0.1) is 0 Å². The highest BCUT2D eigenvalue weighted by atomic mass is 14.3. The Balaban J connectivity index is 0.000000281. The van der Waals surface area contributed by atoms with E-state index in [1.54, 1.807) is 0 Å². The van der Waals surface area contributed by atoms with Crippen molar-refractivity contribution in [2.75, 3.05) is 0 Å². The molecule has 2 aliphatic rings. The zero-order chi connectivity index (χ0) is 8.10. The van der Waals surface area contributed by atoms with Gasteiger partial charge in [0.25, 0.3) is 0 Å². The van der Waals surface area contributed by atoms with Crippen LogP contribution in [0.25, 0.3) is 0 Å². The number of hydrogen-bond acceptors (Lipinski definition) is 0. The molecule has 2 aliphatic carbocycles. The third-order valence-corrected chi connectivity index (χ3v) is 2.79. The topological polar surface area (TPSA) is 0 Å². The van der Waals surface area contributed by atoms with E-state index >= 15 is 0 Å². The van der Waals surface area contributed by atoms with Crippen molar-refractivity contribution in [3.05, 3.63) is 12.2 Å². The lowest BCUT2D eigenvalue weighted by Crippen LogP contribution is -2.12. The Morgan fingerprint density at radius 1 is 1.09 bits per heavy atom. The normalized spacial score (nSPS) is 34.0. The maximum absolute atomic E-state index is 2.43. The molecule has 0 spiro atoms. The Hall–Kier alpha value is -0.260. The van der Waals surface area contributed by atoms with Gasteiger partial charge in [0.1, 0.15) is 0 Å². The third-order valence-electron chi connectivity index (χ3n) is 2.79. The minimum Gasteiger partial charge on any atom is -0.0880 e. The zero-order valence-electron chi connectivity index (χ0n) is 7.84. The summed E-state index contributed by atoms with van der Waals surface area (Å²) in [7, 11) is 0. The van der Waals surface area contributed by atoms with Crippen molar-refractivity contribution >= 4 is 0 Å². The zero-order valence-corrected chi connectivity index (χ0v) is 7.84. The van der Waals surface area contributed by atoms with Gasteiger partial charge in [-0.2, -0.15) is 0 Å². The molecule has 2 rings (SSSR count). The molecule has 0 N–H and O–H groups in total. The third kappa shape index (κ3) is 2.08. The van der Waals surface area contributed by atoms with Gasteiger partial charge >= 0.3 is 0 Å². The van der Waals surface area contributed by atoms with Crippen LogP contribution < -0.4 is 0 Å². The van der Waals surface area contributed by atoms with Gasteiger partial charge in [0.15, 0.2) is 0 Å². The molecule has 0 saturated heterocycles. The van der Waals surface area contributed by atoms with Crippen LogP contribution in [0.2, 0.25) is 0 Å². The van der Waals surface area contributed by atoms with Crippen LogP contribution in [0.4, 0.5) is 0 Å². The lowest BCUT2D eigenvalue weighted by atomic mass is 9.82. The second-order valence-corrected chi connectivity index (χ2v) is 3.37. The maximum atomic E-state index is 2.43. The molecule has 0 aliphatic heterocycles. The maximum Gasteiger partial charge on any atom is -0.0202 e. The summed E-state index contributed by atoms with van der Waals surface area (Å²) in [6, 6.07) is 0. The molecule has 0 radical (unpaired) electrons. The summed E-state index contributed by atoms with van der Waals surface area (Å²) in [6.07, 6.45) is 12.1. The highest BCUT2D eigenvalue weighted by Gasteiger charge is 2.24. The van der Waals surface area contributed by atoms with Crippen molar-refractivity contribution in [1.82, 2.24) is 0 Å². The molecule has 0 bridgehead atoms. The average molecular weight is 152 g/mol. The van der Waals surface area contributed by atoms with Crippen LogP contribution in [0, 0.1) is 11.8 Å². The SMILES string of the molecule is C1=CC2CCCCC2C1.CC. The number of hydrogen-bond donors (Lipinski definition) is 0. The molecule has 0 nitrogen and oxygen atoms in total. The molecule has 0 aromatic carbocycles. The summed E-state index contributed by atoms with van der Waals surface area (Å²) in [5, 5.41) is 0. The fourth-order valence-electron chi connectivity index (χ4n) is 2.21. The lowest BCUT2D eigenvalue weighted by molar-refractivity contribution is 0.304. The largest absolute Gasteiger partial charge is 0.0880 e. The molecule has 2 atom stereocenters. The van der Waals surface area contributed by atoms with E-state index in [-0.39, 0.29) is 0 Å². The first-order valence-corrected chi connectivity index (χ1v) is 5.13. The van der Waals surface area contributed by atoms with E-state index in [0.717, 1.165) is 11.8 Å². The minimum absolute atomic E-state index is 0.985. The molecule has 1 saturated carbocycles. The molecular weight excluding hydrogens is 132 g/mol. The number of fused-ring (bicyclic) bond motifs is 1. The molecular formula is C11H20. The Morgan fingerprint density at radius 2 is 1.82 bits per heavy atom. The number of allylic oxidation sites excluding steroid dienone is 2. The first-order chi connectivity index (χ1) is 5.47. The summed E-state index contributed by atoms with van der Waals surface area (Å²) >= 11 is 0. The Morgan fingerprint density at radius 3 is 2.55 bits per heavy atom. The van der Waals surface area contributed by atoms with Gasteiger partial charge in [-0.1, -0.05) is 38.8 Å². The van der Waals surface area contributed by atoms with E-state index in [9.17, 15) is 0 Å². The lowest BCUT2D eigenvalue weighted by Gasteiger charge is -2.23. The highest BCUT2D eigenvalue weighted by molar-refractivity contribution is 5.02. The van der Waals surface area contributed by atoms with Crippen LogP contribution >= 0.6 is 0 Å². The predicted octanol–water partition coefficient (Wildman–Crippen LogP) is 3.78. The molecule has 0 aromatic rings. The molecule has 0 heterocycles. The van der Waals surface area contributed by atoms with E-state index in [1.807, 2.05) is 13.8 Å². The summed E-state index contributed by atoms with van der Waals surface area (Å²) < 4.78 is 0. The van der Waals surface area contributed by atoms with Crippen molar-refractivity contribution in [3.8, 4) is 0 Å². The van der Waals surface area contributed by atoms with Crippen molar-refractivity contribution in [1.29, 1.82) is 0 Å². The average Bonchev–Trinajstić information content (AvgIpc) is 2.55. The summed E-state index contributed by atoms with van der Waals surface area (Å²) in [6.45, 7) is 4.00. The van der Waals surface area contributed by atoms with Gasteiger partial charge in [0.05, 0.1) is 0 Å². The smallest absolute Gasteiger partial charge is 0.0202 e. The van der Waals surface area contributed by atoms with E-state index in [1.165, 1.54) is 32.1 Å². The quantitative estimate of drug-likeness (QED) is 0.463. The fraction of sp³-hybridized carbons (Fsp3) is 0.818. The number of rotatable bonds is 0. The van der Waals surface area contributed by atoms with Gasteiger partial charge in [-0.3, -0.25) is 0 Å². The second kappa shape index (κ2) is 4.58. The van der Waals surface area contributed by atoms with Crippen molar-refractivity contribution in [3.63, 3.8) is 0 Å². The van der Waals surface area contributed by atoms with E-state index in [4.69, 9.17) is 0 Å². The van der Waals surface area contributed by atoms with Gasteiger partial charge < -0.3 is 0 Å². The van der Waals surface area contributed by atoms with E-state index < -0.39 is 0 Å². The Bertz CT molecular complexity index is 124. The predicted molar refractivity (Wildman–Crippen MR) is 50.6 cm³/mol. The van der Waals surface area contributed by atoms with Gasteiger partial charge in [0, 0.05) is 0 Å². The van der Waals surface area contributed by atoms with Crippen molar-refractivity contribution in [2.45, 2.75) is 46.0 Å². The van der Waals surface area contributed by atoms with Crippen molar-refractivity contribution < 1.29 is 0 Å². The summed E-state index contributed by atoms with van der Waals surface area (Å²) in [5.41, 5.74) is 0. The van der Waals surface area contributed by atoms with Crippen LogP contribution in [0.5, 0.6) is 0 Å². The summed E-state index contributed by atoms with van der Waals surface area (Å²) in [4.78, 5) is 0. The Kier molecular flexibility index (Phi) is 3.68. The van der Waals surface area contributed by atoms with Gasteiger partial charge in [-0.05, 0) is 31.1 Å². The van der Waals surface area contributed by atoms with Crippen LogP contribution in [-0.2, 0) is 0 Å². The molecule has 2 unspecified atom stereocenters. The summed E-state index contributed by atoms with van der Waals surface area (Å²) in [5.74, 6) is 2.04. The van der Waals surface area contributed by atoms with E-state index in [2.05, 4.69) is 12.2 Å². The fourth-order valence-corrected chi connectivity index (χ4v) is 2.21. The molecule has 0 heteroatoms. The van der Waals surface area contributed by atoms with Crippen LogP contribution in [0.15, 0.2) is 12.2 Å². The second-order valence-electron chi connectivity index (χ2n) is 3.37. The highest BCUT2D eigenvalue weighted by Crippen LogP contribution is 2.37. The van der Waals surface area contributed by atoms with Gasteiger partial charge in [-0.25, -0.2) is 0 Å². The molecule has 1 fully saturated rings. The molecule has 0 aromatic heterocycles. The van der Waals surface area contributed by atoms with Gasteiger partial charge in [0.2, 0.25) is 0 Å². The monoisotopic (exact) mass is 152 g/mol. The Labute approximate surface area is 70.7 Å². The van der Waals surface area contributed by atoms with E-state index in [0.29, 0.717) is 0 Å². The first kappa shape index (κ1) is 8.83. The van der Waals surface area contributed by atoms with Crippen LogP contribution in [0.1, 0.15) is 46.0 Å². The van der Waals surface area contributed by atoms with Crippen LogP contribution in [-0.4, -0.2) is 0 Å². The van der Waals surface area contributed by atoms with Crippen molar-refractivity contribution in [2.24, 2.45) is 11.8 Å². The van der Waals surface area contributed by atoms with Crippen LogP contribution in [0.3, 0.4) is 0 Å².